The summed E-state index contributed by atoms with van der Waals surface area (Å²) in [5.41, 5.74) is 5.72. The van der Waals surface area contributed by atoms with Crippen molar-refractivity contribution < 1.29 is 9.53 Å². The van der Waals surface area contributed by atoms with Gasteiger partial charge in [-0.3, -0.25) is 4.79 Å². The van der Waals surface area contributed by atoms with Gasteiger partial charge in [-0.15, -0.1) is 11.3 Å². The number of benzene rings is 2. The second-order valence-corrected chi connectivity index (χ2v) is 9.85. The summed E-state index contributed by atoms with van der Waals surface area (Å²) >= 11 is 1.44. The molecule has 0 saturated carbocycles. The molecule has 4 rings (SSSR count). The molecule has 0 spiro atoms. The molecule has 2 atom stereocenters. The van der Waals surface area contributed by atoms with Gasteiger partial charge in [-0.25, -0.2) is 0 Å². The van der Waals surface area contributed by atoms with Crippen molar-refractivity contribution in [2.24, 2.45) is 0 Å². The monoisotopic (exact) mass is 471 g/mol. The van der Waals surface area contributed by atoms with Gasteiger partial charge in [0, 0.05) is 48.2 Å². The van der Waals surface area contributed by atoms with E-state index in [9.17, 15) is 10.1 Å². The molecule has 1 saturated heterocycles. The smallest absolute Gasteiger partial charge is 0.150 e. The molecule has 3 aromatic rings. The lowest BCUT2D eigenvalue weighted by atomic mass is 9.95. The zero-order valence-corrected chi connectivity index (χ0v) is 20.8. The summed E-state index contributed by atoms with van der Waals surface area (Å²) < 4.78 is 5.86. The highest BCUT2D eigenvalue weighted by Crippen LogP contribution is 2.36. The number of rotatable bonds is 6. The van der Waals surface area contributed by atoms with Crippen LogP contribution in [0.4, 0.5) is 11.4 Å². The van der Waals surface area contributed by atoms with Gasteiger partial charge in [-0.2, -0.15) is 5.26 Å². The number of aldehydes is 1. The van der Waals surface area contributed by atoms with E-state index in [2.05, 4.69) is 60.2 Å². The number of nitrogens with zero attached hydrogens (tertiary/aromatic N) is 3. The second-order valence-electron chi connectivity index (χ2n) is 8.77. The van der Waals surface area contributed by atoms with Crippen LogP contribution in [0, 0.1) is 11.3 Å². The van der Waals surface area contributed by atoms with Gasteiger partial charge >= 0.3 is 0 Å². The van der Waals surface area contributed by atoms with Crippen LogP contribution in [0.15, 0.2) is 60.8 Å². The Hall–Kier alpha value is -3.40. The molecule has 0 radical (unpaired) electrons. The van der Waals surface area contributed by atoms with Gasteiger partial charge in [0.15, 0.2) is 6.29 Å². The first kappa shape index (κ1) is 23.7. The SMILES string of the molecule is C/C(=C/N(C)c1ccc(N2CC(C)OC(C)C2)cc1)c1c(C=O)cccc1-c1ccc(C#N)s1. The third-order valence-electron chi connectivity index (χ3n) is 6.03. The van der Waals surface area contributed by atoms with Crippen LogP contribution in [0.5, 0.6) is 0 Å². The highest BCUT2D eigenvalue weighted by molar-refractivity contribution is 7.16. The number of allylic oxidation sites excluding steroid dienone is 1. The summed E-state index contributed by atoms with van der Waals surface area (Å²) in [7, 11) is 2.01. The Morgan fingerprint density at radius 1 is 1.12 bits per heavy atom. The van der Waals surface area contributed by atoms with Crippen molar-refractivity contribution in [2.45, 2.75) is 33.0 Å². The molecular weight excluding hydrogens is 442 g/mol. The van der Waals surface area contributed by atoms with Crippen molar-refractivity contribution in [3.05, 3.63) is 76.8 Å². The van der Waals surface area contributed by atoms with Gasteiger partial charge < -0.3 is 14.5 Å². The molecule has 1 aliphatic heterocycles. The molecule has 2 heterocycles. The van der Waals surface area contributed by atoms with Gasteiger partial charge in [0.2, 0.25) is 0 Å². The molecule has 34 heavy (non-hydrogen) atoms. The standard InChI is InChI=1S/C28H29N3O2S/c1-19(28-22(18-32)6-5-7-26(28)27-13-12-25(14-29)34-27)15-30(4)23-8-10-24(11-9-23)31-16-20(2)33-21(3)17-31/h5-13,15,18,20-21H,16-17H2,1-4H3/b19-15-. The molecule has 0 bridgehead atoms. The molecule has 0 N–H and O–H groups in total. The first-order chi connectivity index (χ1) is 16.4. The fraction of sp³-hybridized carbons (Fsp3) is 0.286. The summed E-state index contributed by atoms with van der Waals surface area (Å²) in [6.07, 6.45) is 3.39. The number of morpholine rings is 1. The Kier molecular flexibility index (Phi) is 7.16. The van der Waals surface area contributed by atoms with Crippen molar-refractivity contribution in [1.82, 2.24) is 0 Å². The van der Waals surface area contributed by atoms with Crippen LogP contribution in [-0.2, 0) is 4.74 Å². The van der Waals surface area contributed by atoms with Gasteiger partial charge in [0.1, 0.15) is 10.9 Å². The number of anilines is 2. The zero-order valence-electron chi connectivity index (χ0n) is 20.0. The number of nitriles is 1. The van der Waals surface area contributed by atoms with E-state index in [0.29, 0.717) is 10.4 Å². The number of hydrogen-bond acceptors (Lipinski definition) is 6. The topological polar surface area (TPSA) is 56.6 Å². The Bertz CT molecular complexity index is 1230. The average Bonchev–Trinajstić information content (AvgIpc) is 3.32. The Morgan fingerprint density at radius 3 is 2.44 bits per heavy atom. The maximum Gasteiger partial charge on any atom is 0.150 e. The summed E-state index contributed by atoms with van der Waals surface area (Å²) in [6, 6.07) is 20.2. The summed E-state index contributed by atoms with van der Waals surface area (Å²) in [5.74, 6) is 0. The predicted octanol–water partition coefficient (Wildman–Crippen LogP) is 6.21. The molecule has 1 aromatic heterocycles. The fourth-order valence-electron chi connectivity index (χ4n) is 4.57. The zero-order chi connectivity index (χ0) is 24.2. The number of carbonyl (C=O) groups is 1. The summed E-state index contributed by atoms with van der Waals surface area (Å²) in [6.45, 7) is 8.02. The van der Waals surface area contributed by atoms with E-state index in [1.807, 2.05) is 44.3 Å². The third kappa shape index (κ3) is 5.06. The van der Waals surface area contributed by atoms with Crippen LogP contribution in [0.25, 0.3) is 16.0 Å². The maximum atomic E-state index is 11.9. The highest BCUT2D eigenvalue weighted by atomic mass is 32.1. The average molecular weight is 472 g/mol. The minimum absolute atomic E-state index is 0.219. The van der Waals surface area contributed by atoms with Gasteiger partial charge in [-0.05, 0) is 73.9 Å². The van der Waals surface area contributed by atoms with Crippen LogP contribution in [0.3, 0.4) is 0 Å². The van der Waals surface area contributed by atoms with E-state index in [-0.39, 0.29) is 12.2 Å². The lowest BCUT2D eigenvalue weighted by molar-refractivity contribution is -0.00521. The molecule has 1 fully saturated rings. The molecule has 6 heteroatoms. The predicted molar refractivity (Wildman–Crippen MR) is 141 cm³/mol. The second kappa shape index (κ2) is 10.3. The van der Waals surface area contributed by atoms with Gasteiger partial charge in [0.05, 0.1) is 12.2 Å². The van der Waals surface area contributed by atoms with E-state index in [1.165, 1.54) is 17.0 Å². The van der Waals surface area contributed by atoms with E-state index in [0.717, 1.165) is 46.6 Å². The van der Waals surface area contributed by atoms with Crippen molar-refractivity contribution in [2.75, 3.05) is 29.9 Å². The fourth-order valence-corrected chi connectivity index (χ4v) is 5.41. The first-order valence-electron chi connectivity index (χ1n) is 11.4. The lowest BCUT2D eigenvalue weighted by Gasteiger charge is -2.37. The van der Waals surface area contributed by atoms with E-state index in [4.69, 9.17) is 4.74 Å². The molecule has 2 aromatic carbocycles. The van der Waals surface area contributed by atoms with Gasteiger partial charge in [-0.1, -0.05) is 18.2 Å². The first-order valence-corrected chi connectivity index (χ1v) is 12.2. The summed E-state index contributed by atoms with van der Waals surface area (Å²) in [4.78, 5) is 17.9. The van der Waals surface area contributed by atoms with Crippen molar-refractivity contribution in [1.29, 1.82) is 5.26 Å². The Balaban J connectivity index is 1.61. The minimum Gasteiger partial charge on any atom is -0.372 e. The third-order valence-corrected chi connectivity index (χ3v) is 7.05. The largest absolute Gasteiger partial charge is 0.372 e. The lowest BCUT2D eigenvalue weighted by Crippen LogP contribution is -2.45. The molecule has 5 nitrogen and oxygen atoms in total. The number of thiophene rings is 1. The van der Waals surface area contributed by atoms with E-state index < -0.39 is 0 Å². The number of carbonyl (C=O) groups excluding carboxylic acids is 1. The van der Waals surface area contributed by atoms with Crippen LogP contribution in [0.2, 0.25) is 0 Å². The van der Waals surface area contributed by atoms with Crippen LogP contribution >= 0.6 is 11.3 Å². The quantitative estimate of drug-likeness (QED) is 0.400. The van der Waals surface area contributed by atoms with Crippen LogP contribution < -0.4 is 9.80 Å². The van der Waals surface area contributed by atoms with E-state index in [1.54, 1.807) is 0 Å². The van der Waals surface area contributed by atoms with Crippen molar-refractivity contribution >= 4 is 34.6 Å². The molecule has 0 amide bonds. The highest BCUT2D eigenvalue weighted by Gasteiger charge is 2.22. The molecule has 1 aliphatic rings. The maximum absolute atomic E-state index is 11.9. The van der Waals surface area contributed by atoms with Crippen LogP contribution in [0.1, 0.15) is 41.6 Å². The number of ether oxygens (including phenoxy) is 1. The minimum atomic E-state index is 0.219. The van der Waals surface area contributed by atoms with Gasteiger partial charge in [0.25, 0.3) is 0 Å². The molecule has 2 unspecified atom stereocenters. The van der Waals surface area contributed by atoms with Crippen LogP contribution in [-0.4, -0.2) is 38.6 Å². The normalized spacial score (nSPS) is 18.4. The Labute approximate surface area is 205 Å². The van der Waals surface area contributed by atoms with E-state index >= 15 is 0 Å². The molecule has 0 aliphatic carbocycles. The number of hydrogen-bond donors (Lipinski definition) is 0. The van der Waals surface area contributed by atoms with Crippen molar-refractivity contribution in [3.8, 4) is 16.5 Å². The molecule has 174 valence electrons. The molecular formula is C28H29N3O2S. The summed E-state index contributed by atoms with van der Waals surface area (Å²) in [5, 5.41) is 9.23. The van der Waals surface area contributed by atoms with Crippen molar-refractivity contribution in [3.63, 3.8) is 0 Å². The Morgan fingerprint density at radius 2 is 1.82 bits per heavy atom.